The maximum atomic E-state index is 12.1. The van der Waals surface area contributed by atoms with Crippen LogP contribution >= 0.6 is 11.8 Å². The highest BCUT2D eigenvalue weighted by Crippen LogP contribution is 2.44. The first-order valence-corrected chi connectivity index (χ1v) is 16.2. The highest BCUT2D eigenvalue weighted by Gasteiger charge is 2.21. The third kappa shape index (κ3) is 12.3. The molecule has 0 bridgehead atoms. The van der Waals surface area contributed by atoms with E-state index in [4.69, 9.17) is 28.4 Å². The van der Waals surface area contributed by atoms with E-state index in [1.807, 2.05) is 60.7 Å². The first kappa shape index (κ1) is 35.7. The minimum absolute atomic E-state index is 0.0763. The van der Waals surface area contributed by atoms with Crippen LogP contribution in [0.1, 0.15) is 39.5 Å². The number of rotatable bonds is 22. The van der Waals surface area contributed by atoms with E-state index in [0.29, 0.717) is 24.7 Å². The molecule has 0 N–H and O–H groups in total. The quantitative estimate of drug-likeness (QED) is 0.0629. The first-order chi connectivity index (χ1) is 22.0. The zero-order valence-corrected chi connectivity index (χ0v) is 27.1. The van der Waals surface area contributed by atoms with Crippen LogP contribution in [0, 0.1) is 0 Å². The van der Waals surface area contributed by atoms with Gasteiger partial charge >= 0.3 is 11.9 Å². The van der Waals surface area contributed by atoms with Gasteiger partial charge in [0, 0.05) is 41.0 Å². The Kier molecular flexibility index (Phi) is 16.1. The monoisotopic (exact) mass is 636 g/mol. The average Bonchev–Trinajstić information content (AvgIpc) is 3.06. The standard InChI is InChI=1S/C36H44O8S/c1-5-9-20-39-23-27(43-34(37)7-3)25-41-32-22-33(45-29-16-12-11-13-17-29)36(31-19-15-14-18-30(31)32)42-26-28(44-35(38)8-4)24-40-21-10-6-2/h7-8,11-19,22,27-28H,3-6,9-10,20-21,23-26H2,1-2H3. The number of fused-ring (bicyclic) bond motifs is 1. The predicted molar refractivity (Wildman–Crippen MR) is 177 cm³/mol. The van der Waals surface area contributed by atoms with E-state index in [9.17, 15) is 9.59 Å². The fourth-order valence-electron chi connectivity index (χ4n) is 4.19. The highest BCUT2D eigenvalue weighted by molar-refractivity contribution is 7.99. The van der Waals surface area contributed by atoms with Gasteiger partial charge in [0.25, 0.3) is 0 Å². The maximum absolute atomic E-state index is 12.1. The molecule has 2 unspecified atom stereocenters. The predicted octanol–water partition coefficient (Wildman–Crippen LogP) is 7.58. The number of carbonyl (C=O) groups is 2. The lowest BCUT2D eigenvalue weighted by molar-refractivity contribution is -0.148. The third-order valence-corrected chi connectivity index (χ3v) is 7.55. The van der Waals surface area contributed by atoms with Gasteiger partial charge < -0.3 is 28.4 Å². The Morgan fingerprint density at radius 2 is 1.27 bits per heavy atom. The summed E-state index contributed by atoms with van der Waals surface area (Å²) in [6, 6.07) is 19.6. The van der Waals surface area contributed by atoms with Crippen molar-refractivity contribution in [1.82, 2.24) is 0 Å². The van der Waals surface area contributed by atoms with Crippen LogP contribution in [0.3, 0.4) is 0 Å². The maximum Gasteiger partial charge on any atom is 0.330 e. The smallest absolute Gasteiger partial charge is 0.330 e. The minimum Gasteiger partial charge on any atom is -0.489 e. The van der Waals surface area contributed by atoms with Crippen molar-refractivity contribution in [2.45, 2.75) is 61.5 Å². The Morgan fingerprint density at radius 1 is 0.733 bits per heavy atom. The van der Waals surface area contributed by atoms with Crippen molar-refractivity contribution in [3.63, 3.8) is 0 Å². The number of hydrogen-bond donors (Lipinski definition) is 0. The Balaban J connectivity index is 1.93. The van der Waals surface area contributed by atoms with Gasteiger partial charge in [-0.1, -0.05) is 94.1 Å². The summed E-state index contributed by atoms with van der Waals surface area (Å²) in [7, 11) is 0. The van der Waals surface area contributed by atoms with E-state index in [2.05, 4.69) is 27.0 Å². The molecule has 0 aliphatic rings. The SMILES string of the molecule is C=CC(=O)OC(COCCCC)COc1cc(Sc2ccccc2)c(OCC(COCCCC)OC(=O)C=C)c2ccccc12. The van der Waals surface area contributed by atoms with Gasteiger partial charge in [-0.05, 0) is 31.0 Å². The molecule has 0 radical (unpaired) electrons. The van der Waals surface area contributed by atoms with Gasteiger partial charge in [-0.3, -0.25) is 0 Å². The van der Waals surface area contributed by atoms with Crippen LogP contribution in [0.5, 0.6) is 11.5 Å². The van der Waals surface area contributed by atoms with Crippen LogP contribution in [0.4, 0.5) is 0 Å². The van der Waals surface area contributed by atoms with Crippen molar-refractivity contribution in [2.24, 2.45) is 0 Å². The molecule has 0 spiro atoms. The van der Waals surface area contributed by atoms with Gasteiger partial charge in [0.2, 0.25) is 0 Å². The number of benzene rings is 3. The summed E-state index contributed by atoms with van der Waals surface area (Å²) in [6.07, 6.45) is 4.82. The van der Waals surface area contributed by atoms with Crippen molar-refractivity contribution in [3.05, 3.63) is 86.0 Å². The molecule has 9 heteroatoms. The summed E-state index contributed by atoms with van der Waals surface area (Å²) >= 11 is 1.52. The highest BCUT2D eigenvalue weighted by atomic mass is 32.2. The molecule has 2 atom stereocenters. The zero-order chi connectivity index (χ0) is 32.3. The number of carbonyl (C=O) groups excluding carboxylic acids is 2. The molecule has 0 fully saturated rings. The normalized spacial score (nSPS) is 12.2. The third-order valence-electron chi connectivity index (χ3n) is 6.52. The second-order valence-corrected chi connectivity index (χ2v) is 11.3. The minimum atomic E-state index is -0.635. The Morgan fingerprint density at radius 3 is 1.82 bits per heavy atom. The fourth-order valence-corrected chi connectivity index (χ4v) is 5.16. The molecule has 45 heavy (non-hydrogen) atoms. The molecule has 8 nitrogen and oxygen atoms in total. The Labute approximate surface area is 270 Å². The fraction of sp³-hybridized carbons (Fsp3) is 0.389. The van der Waals surface area contributed by atoms with Crippen molar-refractivity contribution in [3.8, 4) is 11.5 Å². The second-order valence-electron chi connectivity index (χ2n) is 10.2. The largest absolute Gasteiger partial charge is 0.489 e. The lowest BCUT2D eigenvalue weighted by Crippen LogP contribution is -2.30. The molecule has 0 saturated carbocycles. The van der Waals surface area contributed by atoms with Gasteiger partial charge in [0.15, 0.2) is 12.2 Å². The number of esters is 2. The van der Waals surface area contributed by atoms with Crippen LogP contribution in [0.2, 0.25) is 0 Å². The van der Waals surface area contributed by atoms with E-state index in [1.165, 1.54) is 11.8 Å². The molecular formula is C36H44O8S. The molecule has 0 aliphatic carbocycles. The van der Waals surface area contributed by atoms with Gasteiger partial charge in [-0.25, -0.2) is 9.59 Å². The summed E-state index contributed by atoms with van der Waals surface area (Å²) in [5.74, 6) is 0.141. The van der Waals surface area contributed by atoms with E-state index < -0.39 is 24.1 Å². The number of unbranched alkanes of at least 4 members (excludes halogenated alkanes) is 2. The summed E-state index contributed by atoms with van der Waals surface area (Å²) in [6.45, 7) is 12.9. The molecule has 0 heterocycles. The topological polar surface area (TPSA) is 89.5 Å². The van der Waals surface area contributed by atoms with Crippen LogP contribution < -0.4 is 9.47 Å². The zero-order valence-electron chi connectivity index (χ0n) is 26.2. The van der Waals surface area contributed by atoms with Crippen molar-refractivity contribution < 1.29 is 38.0 Å². The summed E-state index contributed by atoms with van der Waals surface area (Å²) < 4.78 is 35.3. The van der Waals surface area contributed by atoms with Crippen molar-refractivity contribution in [1.29, 1.82) is 0 Å². The summed E-state index contributed by atoms with van der Waals surface area (Å²) in [4.78, 5) is 25.9. The summed E-state index contributed by atoms with van der Waals surface area (Å²) in [5.41, 5.74) is 0. The van der Waals surface area contributed by atoms with E-state index >= 15 is 0 Å². The number of ether oxygens (including phenoxy) is 6. The molecular weight excluding hydrogens is 592 g/mol. The summed E-state index contributed by atoms with van der Waals surface area (Å²) in [5, 5.41) is 1.62. The van der Waals surface area contributed by atoms with Gasteiger partial charge in [0.05, 0.1) is 18.1 Å². The molecule has 3 aromatic carbocycles. The van der Waals surface area contributed by atoms with Crippen molar-refractivity contribution in [2.75, 3.05) is 39.6 Å². The first-order valence-electron chi connectivity index (χ1n) is 15.3. The second kappa shape index (κ2) is 20.3. The van der Waals surface area contributed by atoms with Crippen LogP contribution in [-0.4, -0.2) is 63.8 Å². The van der Waals surface area contributed by atoms with Gasteiger partial charge in [0.1, 0.15) is 24.7 Å². The van der Waals surface area contributed by atoms with Crippen LogP contribution in [-0.2, 0) is 28.5 Å². The molecule has 0 saturated heterocycles. The molecule has 0 aromatic heterocycles. The van der Waals surface area contributed by atoms with E-state index in [-0.39, 0.29) is 26.4 Å². The average molecular weight is 637 g/mol. The van der Waals surface area contributed by atoms with Crippen LogP contribution in [0.15, 0.2) is 95.8 Å². The number of hydrogen-bond acceptors (Lipinski definition) is 9. The van der Waals surface area contributed by atoms with Crippen LogP contribution in [0.25, 0.3) is 10.8 Å². The van der Waals surface area contributed by atoms with Gasteiger partial charge in [-0.2, -0.15) is 0 Å². The van der Waals surface area contributed by atoms with E-state index in [0.717, 1.165) is 58.4 Å². The molecule has 3 rings (SSSR count). The Hall–Kier alpha value is -3.79. The molecule has 0 amide bonds. The van der Waals surface area contributed by atoms with Crippen molar-refractivity contribution >= 4 is 34.5 Å². The lowest BCUT2D eigenvalue weighted by atomic mass is 10.1. The Bertz CT molecular complexity index is 1360. The van der Waals surface area contributed by atoms with Gasteiger partial charge in [-0.15, -0.1) is 0 Å². The molecule has 3 aromatic rings. The molecule has 0 aliphatic heterocycles. The molecule has 242 valence electrons. The van der Waals surface area contributed by atoms with E-state index in [1.54, 1.807) is 0 Å². The lowest BCUT2D eigenvalue weighted by Gasteiger charge is -2.22.